The highest BCUT2D eigenvalue weighted by atomic mass is 16.6. The number of unbranched alkanes of at least 4 members (excludes halogenated alkanes) is 21. The van der Waals surface area contributed by atoms with Gasteiger partial charge < -0.3 is 14.2 Å². The van der Waals surface area contributed by atoms with Crippen LogP contribution in [0.5, 0.6) is 0 Å². The predicted octanol–water partition coefficient (Wildman–Crippen LogP) is 16.3. The first-order valence-corrected chi connectivity index (χ1v) is 24.5. The number of hydrogen-bond acceptors (Lipinski definition) is 5. The van der Waals surface area contributed by atoms with Gasteiger partial charge in [-0.25, -0.2) is 0 Å². The van der Waals surface area contributed by atoms with Crippen LogP contribution in [0, 0.1) is 0 Å². The Balaban J connectivity index is 4.27. The van der Waals surface area contributed by atoms with Crippen LogP contribution in [0.1, 0.15) is 226 Å². The molecule has 0 saturated heterocycles. The van der Waals surface area contributed by atoms with Crippen molar-refractivity contribution < 1.29 is 23.8 Å². The van der Waals surface area contributed by atoms with Crippen LogP contribution in [0.15, 0.2) is 72.9 Å². The molecule has 0 spiro atoms. The molecule has 0 amide bonds. The first-order chi connectivity index (χ1) is 28.6. The van der Waals surface area contributed by atoms with Gasteiger partial charge in [-0.1, -0.05) is 196 Å². The molecule has 1 atom stereocenters. The largest absolute Gasteiger partial charge is 0.462 e. The Bertz CT molecular complexity index is 1050. The van der Waals surface area contributed by atoms with E-state index in [9.17, 15) is 9.59 Å². The second-order valence-corrected chi connectivity index (χ2v) is 16.0. The van der Waals surface area contributed by atoms with Crippen molar-refractivity contribution in [3.8, 4) is 0 Å². The second-order valence-electron chi connectivity index (χ2n) is 16.0. The lowest BCUT2D eigenvalue weighted by Gasteiger charge is -2.18. The molecule has 0 aliphatic rings. The molecule has 0 bridgehead atoms. The summed E-state index contributed by atoms with van der Waals surface area (Å²) in [5, 5.41) is 0. The third-order valence-electron chi connectivity index (χ3n) is 10.2. The van der Waals surface area contributed by atoms with E-state index in [-0.39, 0.29) is 25.2 Å². The monoisotopic (exact) mass is 809 g/mol. The van der Waals surface area contributed by atoms with Gasteiger partial charge in [-0.3, -0.25) is 9.59 Å². The van der Waals surface area contributed by atoms with Gasteiger partial charge in [-0.2, -0.15) is 0 Å². The minimum absolute atomic E-state index is 0.0657. The van der Waals surface area contributed by atoms with E-state index >= 15 is 0 Å². The van der Waals surface area contributed by atoms with Gasteiger partial charge in [0.15, 0.2) is 6.10 Å². The minimum Gasteiger partial charge on any atom is -0.462 e. The lowest BCUT2D eigenvalue weighted by molar-refractivity contribution is -0.163. The van der Waals surface area contributed by atoms with Crippen molar-refractivity contribution >= 4 is 11.9 Å². The van der Waals surface area contributed by atoms with Crippen LogP contribution in [0.25, 0.3) is 0 Å². The number of carbonyl (C=O) groups is 2. The molecule has 0 saturated carbocycles. The Morgan fingerprint density at radius 3 is 1.29 bits per heavy atom. The average molecular weight is 809 g/mol. The summed E-state index contributed by atoms with van der Waals surface area (Å²) >= 11 is 0. The Morgan fingerprint density at radius 1 is 0.397 bits per heavy atom. The number of esters is 2. The third kappa shape index (κ3) is 46.0. The Morgan fingerprint density at radius 2 is 0.776 bits per heavy atom. The van der Waals surface area contributed by atoms with Gasteiger partial charge in [-0.15, -0.1) is 0 Å². The fourth-order valence-electron chi connectivity index (χ4n) is 6.59. The topological polar surface area (TPSA) is 61.8 Å². The number of ether oxygens (including phenoxy) is 3. The summed E-state index contributed by atoms with van der Waals surface area (Å²) in [5.41, 5.74) is 0. The van der Waals surface area contributed by atoms with Crippen molar-refractivity contribution in [3.63, 3.8) is 0 Å². The zero-order valence-electron chi connectivity index (χ0n) is 38.3. The van der Waals surface area contributed by atoms with E-state index in [0.717, 1.165) is 96.3 Å². The highest BCUT2D eigenvalue weighted by Crippen LogP contribution is 2.13. The molecule has 0 heterocycles. The first kappa shape index (κ1) is 55.3. The van der Waals surface area contributed by atoms with E-state index in [4.69, 9.17) is 14.2 Å². The van der Waals surface area contributed by atoms with Gasteiger partial charge >= 0.3 is 11.9 Å². The van der Waals surface area contributed by atoms with Gasteiger partial charge in [0.1, 0.15) is 6.61 Å². The highest BCUT2D eigenvalue weighted by molar-refractivity contribution is 5.70. The molecule has 0 aromatic carbocycles. The van der Waals surface area contributed by atoms with Crippen molar-refractivity contribution in [1.29, 1.82) is 0 Å². The molecule has 0 rings (SSSR count). The summed E-state index contributed by atoms with van der Waals surface area (Å²) in [7, 11) is 0. The Hall–Kier alpha value is -2.66. The smallest absolute Gasteiger partial charge is 0.306 e. The molecule has 0 aliphatic carbocycles. The molecule has 5 nitrogen and oxygen atoms in total. The van der Waals surface area contributed by atoms with Crippen molar-refractivity contribution in [2.75, 3.05) is 19.8 Å². The Kier molecular flexibility index (Phi) is 46.5. The SMILES string of the molecule is CC/C=C\C/C=C\C/C=C\CCCCCC(=O)OC(COCCCCCCCCCCCC)COC(=O)CCCCCCCC/C=C\C/C=C\C/C=C\CCCCC. The van der Waals surface area contributed by atoms with Crippen LogP contribution in [-0.2, 0) is 23.8 Å². The van der Waals surface area contributed by atoms with Crippen molar-refractivity contribution in [2.45, 2.75) is 232 Å². The van der Waals surface area contributed by atoms with E-state index in [1.807, 2.05) is 0 Å². The number of rotatable bonds is 44. The van der Waals surface area contributed by atoms with Gasteiger partial charge in [0.05, 0.1) is 6.61 Å². The normalized spacial score (nSPS) is 12.8. The number of allylic oxidation sites excluding steroid dienone is 12. The lowest BCUT2D eigenvalue weighted by atomic mass is 10.1. The molecular formula is C53H92O5. The fourth-order valence-corrected chi connectivity index (χ4v) is 6.59. The van der Waals surface area contributed by atoms with Crippen molar-refractivity contribution in [2.24, 2.45) is 0 Å². The van der Waals surface area contributed by atoms with Gasteiger partial charge in [0.25, 0.3) is 0 Å². The second kappa shape index (κ2) is 48.7. The van der Waals surface area contributed by atoms with E-state index in [1.54, 1.807) is 0 Å². The number of carbonyl (C=O) groups excluding carboxylic acids is 2. The van der Waals surface area contributed by atoms with Crippen molar-refractivity contribution in [1.82, 2.24) is 0 Å². The molecule has 0 radical (unpaired) electrons. The molecule has 0 N–H and O–H groups in total. The summed E-state index contributed by atoms with van der Waals surface area (Å²) < 4.78 is 17.3. The van der Waals surface area contributed by atoms with Gasteiger partial charge in [-0.05, 0) is 89.9 Å². The predicted molar refractivity (Wildman–Crippen MR) is 251 cm³/mol. The molecule has 334 valence electrons. The number of hydrogen-bond donors (Lipinski definition) is 0. The Labute approximate surface area is 359 Å². The third-order valence-corrected chi connectivity index (χ3v) is 10.2. The van der Waals surface area contributed by atoms with E-state index < -0.39 is 6.10 Å². The summed E-state index contributed by atoms with van der Waals surface area (Å²) in [6, 6.07) is 0. The highest BCUT2D eigenvalue weighted by Gasteiger charge is 2.17. The molecule has 58 heavy (non-hydrogen) atoms. The molecular weight excluding hydrogens is 717 g/mol. The van der Waals surface area contributed by atoms with E-state index in [1.165, 1.54) is 96.3 Å². The van der Waals surface area contributed by atoms with E-state index in [0.29, 0.717) is 19.4 Å². The van der Waals surface area contributed by atoms with Gasteiger partial charge in [0.2, 0.25) is 0 Å². The van der Waals surface area contributed by atoms with Crippen LogP contribution in [0.4, 0.5) is 0 Å². The molecule has 0 aromatic rings. The summed E-state index contributed by atoms with van der Waals surface area (Å²) in [6.45, 7) is 7.64. The van der Waals surface area contributed by atoms with Crippen LogP contribution >= 0.6 is 0 Å². The maximum Gasteiger partial charge on any atom is 0.306 e. The summed E-state index contributed by atoms with van der Waals surface area (Å²) in [4.78, 5) is 25.3. The van der Waals surface area contributed by atoms with Crippen LogP contribution in [-0.4, -0.2) is 37.9 Å². The maximum atomic E-state index is 12.7. The summed E-state index contributed by atoms with van der Waals surface area (Å²) in [6.07, 6.45) is 61.9. The molecule has 0 aliphatic heterocycles. The van der Waals surface area contributed by atoms with E-state index in [2.05, 4.69) is 93.7 Å². The standard InChI is InChI=1S/C53H92O5/c1-4-7-10-13-16-19-22-24-25-26-27-28-29-31-32-34-37-40-43-46-52(54)57-50-51(49-56-48-45-42-39-36-21-18-15-12-9-6-3)58-53(55)47-44-41-38-35-33-30-23-20-17-14-11-8-5-2/h8,11,16-17,19-20,24-25,27-28,30,33,51H,4-7,9-10,12-15,18,21-23,26,29,31-32,34-50H2,1-3H3/b11-8-,19-16-,20-17-,25-24-,28-27-,33-30-. The molecule has 0 fully saturated rings. The summed E-state index contributed by atoms with van der Waals surface area (Å²) in [5.74, 6) is -0.444. The minimum atomic E-state index is -0.555. The zero-order chi connectivity index (χ0) is 42.1. The lowest BCUT2D eigenvalue weighted by Crippen LogP contribution is -2.30. The first-order valence-electron chi connectivity index (χ1n) is 24.5. The quantitative estimate of drug-likeness (QED) is 0.0348. The maximum absolute atomic E-state index is 12.7. The molecule has 1 unspecified atom stereocenters. The fraction of sp³-hybridized carbons (Fsp3) is 0.736. The van der Waals surface area contributed by atoms with Crippen molar-refractivity contribution in [3.05, 3.63) is 72.9 Å². The zero-order valence-corrected chi connectivity index (χ0v) is 38.3. The van der Waals surface area contributed by atoms with Crippen LogP contribution < -0.4 is 0 Å². The van der Waals surface area contributed by atoms with Crippen LogP contribution in [0.2, 0.25) is 0 Å². The van der Waals surface area contributed by atoms with Gasteiger partial charge in [0, 0.05) is 19.4 Å². The average Bonchev–Trinajstić information content (AvgIpc) is 3.22. The molecule has 5 heteroatoms. The molecule has 0 aromatic heterocycles. The van der Waals surface area contributed by atoms with Crippen LogP contribution in [0.3, 0.4) is 0 Å².